The van der Waals surface area contributed by atoms with Gasteiger partial charge < -0.3 is 16.3 Å². The van der Waals surface area contributed by atoms with Gasteiger partial charge in [0.05, 0.1) is 5.69 Å². The molecule has 1 aromatic rings. The van der Waals surface area contributed by atoms with Gasteiger partial charge in [-0.15, -0.1) is 0 Å². The molecule has 0 fully saturated rings. The summed E-state index contributed by atoms with van der Waals surface area (Å²) in [5.41, 5.74) is 7.72. The number of amidine groups is 1. The molecule has 1 aromatic carbocycles. The summed E-state index contributed by atoms with van der Waals surface area (Å²) in [6.45, 7) is 5.99. The molecule has 0 saturated heterocycles. The summed E-state index contributed by atoms with van der Waals surface area (Å²) < 4.78 is 0. The molecule has 0 aliphatic heterocycles. The first kappa shape index (κ1) is 17.0. The highest BCUT2D eigenvalue weighted by Gasteiger charge is 2.18. The molecule has 0 aromatic heterocycles. The van der Waals surface area contributed by atoms with Crippen molar-refractivity contribution < 1.29 is 10.0 Å². The Morgan fingerprint density at radius 2 is 2.14 bits per heavy atom. The Hall–Kier alpha value is -2.04. The van der Waals surface area contributed by atoms with Crippen LogP contribution in [0, 0.1) is 12.8 Å². The predicted molar refractivity (Wildman–Crippen MR) is 85.6 cm³/mol. The van der Waals surface area contributed by atoms with Crippen LogP contribution in [0.5, 0.6) is 0 Å². The van der Waals surface area contributed by atoms with E-state index in [-0.39, 0.29) is 17.7 Å². The minimum atomic E-state index is -0.0106. The third kappa shape index (κ3) is 4.48. The number of unbranched alkanes of at least 4 members (excludes halogenated alkanes) is 1. The van der Waals surface area contributed by atoms with Crippen molar-refractivity contribution in [3.05, 3.63) is 29.3 Å². The molecule has 21 heavy (non-hydrogen) atoms. The summed E-state index contributed by atoms with van der Waals surface area (Å²) in [5.74, 6) is -0.0147. The van der Waals surface area contributed by atoms with E-state index in [1.165, 1.54) is 0 Å². The summed E-state index contributed by atoms with van der Waals surface area (Å²) in [4.78, 5) is 12.4. The smallest absolute Gasteiger partial charge is 0.227 e. The molecular weight excluding hydrogens is 266 g/mol. The van der Waals surface area contributed by atoms with E-state index in [2.05, 4.69) is 17.4 Å². The molecule has 0 bridgehead atoms. The first-order valence-corrected chi connectivity index (χ1v) is 7.43. The number of rotatable bonds is 7. The Bertz CT molecular complexity index is 512. The average Bonchev–Trinajstić information content (AvgIpc) is 2.47. The molecule has 4 N–H and O–H groups in total. The van der Waals surface area contributed by atoms with Gasteiger partial charge in [0.1, 0.15) is 0 Å². The van der Waals surface area contributed by atoms with Crippen LogP contribution in [-0.2, 0) is 4.79 Å². The lowest BCUT2D eigenvalue weighted by Crippen LogP contribution is -2.25. The maximum Gasteiger partial charge on any atom is 0.227 e. The Morgan fingerprint density at radius 1 is 1.43 bits per heavy atom. The van der Waals surface area contributed by atoms with Gasteiger partial charge in [-0.25, -0.2) is 0 Å². The molecular formula is C16H25N3O2. The lowest BCUT2D eigenvalue weighted by molar-refractivity contribution is -0.120. The zero-order chi connectivity index (χ0) is 15.8. The average molecular weight is 291 g/mol. The Labute approximate surface area is 126 Å². The van der Waals surface area contributed by atoms with Crippen LogP contribution in [0.25, 0.3) is 0 Å². The van der Waals surface area contributed by atoms with Gasteiger partial charge in [0.2, 0.25) is 5.91 Å². The van der Waals surface area contributed by atoms with Crippen molar-refractivity contribution in [2.24, 2.45) is 16.8 Å². The summed E-state index contributed by atoms with van der Waals surface area (Å²) in [7, 11) is 0. The molecule has 1 rings (SSSR count). The maximum atomic E-state index is 12.4. The second-order valence-corrected chi connectivity index (χ2v) is 5.22. The number of nitrogens with two attached hydrogens (primary N) is 1. The molecule has 0 saturated carbocycles. The third-order valence-electron chi connectivity index (χ3n) is 3.66. The number of carbonyl (C=O) groups excluding carboxylic acids is 1. The van der Waals surface area contributed by atoms with E-state index in [1.807, 2.05) is 26.0 Å². The van der Waals surface area contributed by atoms with Crippen molar-refractivity contribution in [1.82, 2.24) is 0 Å². The number of hydrogen-bond acceptors (Lipinski definition) is 3. The number of aryl methyl sites for hydroxylation is 1. The molecule has 0 radical (unpaired) electrons. The highest BCUT2D eigenvalue weighted by atomic mass is 16.4. The summed E-state index contributed by atoms with van der Waals surface area (Å²) in [6, 6.07) is 5.47. The van der Waals surface area contributed by atoms with Gasteiger partial charge in [0.15, 0.2) is 5.84 Å². The summed E-state index contributed by atoms with van der Waals surface area (Å²) >= 11 is 0. The highest BCUT2D eigenvalue weighted by molar-refractivity contribution is 6.06. The second kappa shape index (κ2) is 8.29. The standard InChI is InChI=1S/C16H25N3O2/c1-4-6-9-12(5-2)16(20)18-13-10-7-8-11(3)14(13)15(17)19-21/h7-8,10,12,21H,4-6,9H2,1-3H3,(H2,17,19)(H,18,20). The fourth-order valence-corrected chi connectivity index (χ4v) is 2.37. The lowest BCUT2D eigenvalue weighted by Gasteiger charge is -2.17. The lowest BCUT2D eigenvalue weighted by atomic mass is 9.97. The Balaban J connectivity index is 2.97. The summed E-state index contributed by atoms with van der Waals surface area (Å²) in [5, 5.41) is 14.9. The highest BCUT2D eigenvalue weighted by Crippen LogP contribution is 2.22. The number of amides is 1. The molecule has 1 amide bonds. The Kier molecular flexibility index (Phi) is 6.72. The normalized spacial score (nSPS) is 13.0. The van der Waals surface area contributed by atoms with Crippen molar-refractivity contribution in [1.29, 1.82) is 0 Å². The van der Waals surface area contributed by atoms with Gasteiger partial charge >= 0.3 is 0 Å². The predicted octanol–water partition coefficient (Wildman–Crippen LogP) is 3.24. The maximum absolute atomic E-state index is 12.4. The van der Waals surface area contributed by atoms with Gasteiger partial charge in [-0.3, -0.25) is 4.79 Å². The van der Waals surface area contributed by atoms with Crippen LogP contribution in [0.2, 0.25) is 0 Å². The van der Waals surface area contributed by atoms with Crippen LogP contribution in [0.4, 0.5) is 5.69 Å². The number of hydrogen-bond donors (Lipinski definition) is 3. The zero-order valence-electron chi connectivity index (χ0n) is 13.0. The van der Waals surface area contributed by atoms with E-state index in [9.17, 15) is 4.79 Å². The first-order valence-electron chi connectivity index (χ1n) is 7.43. The van der Waals surface area contributed by atoms with E-state index in [4.69, 9.17) is 10.9 Å². The molecule has 5 heteroatoms. The first-order chi connectivity index (χ1) is 10.0. The van der Waals surface area contributed by atoms with Gasteiger partial charge in [0, 0.05) is 11.5 Å². The van der Waals surface area contributed by atoms with E-state index < -0.39 is 0 Å². The SMILES string of the molecule is CCCCC(CC)C(=O)Nc1cccc(C)c1/C(N)=N/O. The monoisotopic (exact) mass is 291 g/mol. The van der Waals surface area contributed by atoms with Crippen molar-refractivity contribution in [2.75, 3.05) is 5.32 Å². The fourth-order valence-electron chi connectivity index (χ4n) is 2.37. The molecule has 116 valence electrons. The van der Waals surface area contributed by atoms with Crippen LogP contribution in [0.15, 0.2) is 23.4 Å². The van der Waals surface area contributed by atoms with E-state index in [0.29, 0.717) is 11.3 Å². The molecule has 1 atom stereocenters. The van der Waals surface area contributed by atoms with Gasteiger partial charge in [0.25, 0.3) is 0 Å². The van der Waals surface area contributed by atoms with Crippen molar-refractivity contribution in [2.45, 2.75) is 46.5 Å². The largest absolute Gasteiger partial charge is 0.409 e. The minimum absolute atomic E-state index is 0.00464. The molecule has 0 aliphatic rings. The second-order valence-electron chi connectivity index (χ2n) is 5.22. The topological polar surface area (TPSA) is 87.7 Å². The van der Waals surface area contributed by atoms with Gasteiger partial charge in [-0.05, 0) is 31.4 Å². The molecule has 0 heterocycles. The van der Waals surface area contributed by atoms with Crippen LogP contribution in [0.1, 0.15) is 50.7 Å². The number of oxime groups is 1. The Morgan fingerprint density at radius 3 is 2.71 bits per heavy atom. The van der Waals surface area contributed by atoms with Crippen molar-refractivity contribution in [3.63, 3.8) is 0 Å². The molecule has 0 spiro atoms. The molecule has 1 unspecified atom stereocenters. The van der Waals surface area contributed by atoms with Crippen molar-refractivity contribution >= 4 is 17.4 Å². The number of nitrogens with one attached hydrogen (secondary N) is 1. The van der Waals surface area contributed by atoms with Crippen LogP contribution in [0.3, 0.4) is 0 Å². The van der Waals surface area contributed by atoms with E-state index in [1.54, 1.807) is 6.07 Å². The number of nitrogens with zero attached hydrogens (tertiary/aromatic N) is 1. The summed E-state index contributed by atoms with van der Waals surface area (Å²) in [6.07, 6.45) is 3.79. The van der Waals surface area contributed by atoms with Crippen molar-refractivity contribution in [3.8, 4) is 0 Å². The van der Waals surface area contributed by atoms with Crippen LogP contribution in [-0.4, -0.2) is 17.0 Å². The quantitative estimate of drug-likeness (QED) is 0.312. The van der Waals surface area contributed by atoms with Crippen LogP contribution >= 0.6 is 0 Å². The van der Waals surface area contributed by atoms with E-state index >= 15 is 0 Å². The minimum Gasteiger partial charge on any atom is -0.409 e. The number of benzene rings is 1. The number of anilines is 1. The van der Waals surface area contributed by atoms with Gasteiger partial charge in [-0.1, -0.05) is 44.0 Å². The van der Waals surface area contributed by atoms with Gasteiger partial charge in [-0.2, -0.15) is 0 Å². The molecule has 0 aliphatic carbocycles. The number of carbonyl (C=O) groups is 1. The molecule has 5 nitrogen and oxygen atoms in total. The third-order valence-corrected chi connectivity index (χ3v) is 3.66. The van der Waals surface area contributed by atoms with Crippen LogP contribution < -0.4 is 11.1 Å². The van der Waals surface area contributed by atoms with E-state index in [0.717, 1.165) is 31.2 Å². The fraction of sp³-hybridized carbons (Fsp3) is 0.500. The zero-order valence-corrected chi connectivity index (χ0v) is 13.0.